The maximum absolute atomic E-state index is 13.0. The van der Waals surface area contributed by atoms with Crippen molar-refractivity contribution in [3.05, 3.63) is 47.3 Å². The van der Waals surface area contributed by atoms with Crippen molar-refractivity contribution in [2.24, 2.45) is 0 Å². The van der Waals surface area contributed by atoms with Gasteiger partial charge in [-0.2, -0.15) is 18.2 Å². The van der Waals surface area contributed by atoms with E-state index in [0.717, 1.165) is 29.2 Å². The van der Waals surface area contributed by atoms with Crippen LogP contribution in [0.2, 0.25) is 0 Å². The Morgan fingerprint density at radius 3 is 2.63 bits per heavy atom. The van der Waals surface area contributed by atoms with Gasteiger partial charge >= 0.3 is 6.18 Å². The summed E-state index contributed by atoms with van der Waals surface area (Å²) >= 11 is 1.05. The first kappa shape index (κ1) is 19.2. The number of alkyl halides is 3. The Balaban J connectivity index is 1.76. The second-order valence-corrected chi connectivity index (χ2v) is 7.25. The van der Waals surface area contributed by atoms with Gasteiger partial charge in [-0.15, -0.1) is 5.10 Å². The summed E-state index contributed by atoms with van der Waals surface area (Å²) in [5, 5.41) is 6.24. The van der Waals surface area contributed by atoms with Crippen LogP contribution in [0.5, 0.6) is 0 Å². The molecule has 10 heteroatoms. The lowest BCUT2D eigenvalue weighted by atomic mass is 10.1. The van der Waals surface area contributed by atoms with Crippen molar-refractivity contribution in [2.45, 2.75) is 37.4 Å². The van der Waals surface area contributed by atoms with Crippen molar-refractivity contribution in [1.82, 2.24) is 19.6 Å². The third-order valence-electron chi connectivity index (χ3n) is 3.74. The predicted molar refractivity (Wildman–Crippen MR) is 95.6 cm³/mol. The number of aryl methyl sites for hydroxylation is 2. The molecule has 0 radical (unpaired) electrons. The third-order valence-corrected chi connectivity index (χ3v) is 4.69. The molecule has 1 N–H and O–H groups in total. The van der Waals surface area contributed by atoms with Crippen molar-refractivity contribution in [3.8, 4) is 0 Å². The quantitative estimate of drug-likeness (QED) is 0.679. The molecule has 1 aromatic carbocycles. The average molecular weight is 395 g/mol. The number of thioether (sulfide) groups is 1. The van der Waals surface area contributed by atoms with Crippen LogP contribution in [0, 0.1) is 13.8 Å². The lowest BCUT2D eigenvalue weighted by Gasteiger charge is -2.15. The van der Waals surface area contributed by atoms with Gasteiger partial charge in [0.15, 0.2) is 0 Å². The predicted octanol–water partition coefficient (Wildman–Crippen LogP) is 3.88. The van der Waals surface area contributed by atoms with Crippen molar-refractivity contribution in [3.63, 3.8) is 0 Å². The van der Waals surface area contributed by atoms with Crippen molar-refractivity contribution in [1.29, 1.82) is 0 Å². The number of amides is 1. The summed E-state index contributed by atoms with van der Waals surface area (Å²) in [7, 11) is 0. The molecule has 0 fully saturated rings. The topological polar surface area (TPSA) is 72.2 Å². The first-order chi connectivity index (χ1) is 12.6. The summed E-state index contributed by atoms with van der Waals surface area (Å²) in [6.07, 6.45) is -4.55. The summed E-state index contributed by atoms with van der Waals surface area (Å²) in [5.74, 6) is -0.165. The fourth-order valence-corrected chi connectivity index (χ4v) is 3.23. The van der Waals surface area contributed by atoms with Crippen LogP contribution in [0.3, 0.4) is 0 Å². The maximum Gasteiger partial charge on any atom is 0.418 e. The Bertz CT molecular complexity index is 1000. The second-order valence-electron chi connectivity index (χ2n) is 5.94. The molecular weight excluding hydrogens is 379 g/mol. The van der Waals surface area contributed by atoms with E-state index in [9.17, 15) is 18.0 Å². The number of benzene rings is 1. The number of carbonyl (C=O) groups is 1. The average Bonchev–Trinajstić information content (AvgIpc) is 2.97. The number of nitrogens with one attached hydrogen (secondary N) is 1. The molecule has 0 aliphatic rings. The molecule has 1 unspecified atom stereocenters. The summed E-state index contributed by atoms with van der Waals surface area (Å²) in [6.45, 7) is 5.27. The van der Waals surface area contributed by atoms with Crippen LogP contribution in [0.15, 0.2) is 35.5 Å². The van der Waals surface area contributed by atoms with Gasteiger partial charge in [0.1, 0.15) is 0 Å². The Morgan fingerprint density at radius 2 is 1.93 bits per heavy atom. The van der Waals surface area contributed by atoms with Crippen LogP contribution in [-0.4, -0.2) is 30.7 Å². The van der Waals surface area contributed by atoms with E-state index in [1.165, 1.54) is 18.2 Å². The Kier molecular flexibility index (Phi) is 5.09. The maximum atomic E-state index is 13.0. The van der Waals surface area contributed by atoms with E-state index in [1.54, 1.807) is 11.4 Å². The van der Waals surface area contributed by atoms with E-state index >= 15 is 0 Å². The highest BCUT2D eigenvalue weighted by Gasteiger charge is 2.34. The first-order valence-electron chi connectivity index (χ1n) is 8.00. The fourth-order valence-electron chi connectivity index (χ4n) is 2.48. The molecule has 0 aliphatic carbocycles. The normalized spacial score (nSPS) is 13.0. The van der Waals surface area contributed by atoms with Crippen LogP contribution in [0.25, 0.3) is 5.78 Å². The minimum atomic E-state index is -4.55. The van der Waals surface area contributed by atoms with Gasteiger partial charge in [0.2, 0.25) is 11.1 Å². The summed E-state index contributed by atoms with van der Waals surface area (Å²) < 4.78 is 40.7. The van der Waals surface area contributed by atoms with E-state index in [1.807, 2.05) is 19.9 Å². The molecule has 3 aromatic rings. The molecule has 0 saturated carbocycles. The number of anilines is 1. The van der Waals surface area contributed by atoms with Gasteiger partial charge in [0.05, 0.1) is 16.5 Å². The Morgan fingerprint density at radius 1 is 1.22 bits per heavy atom. The fraction of sp³-hybridized carbons (Fsp3) is 0.294. The Labute approximate surface area is 157 Å². The Hall–Kier alpha value is -2.62. The second kappa shape index (κ2) is 7.18. The SMILES string of the molecule is Cc1cc(C)n2nc(SC(C)C(=O)Nc3ccccc3C(F)(F)F)nc2n1. The van der Waals surface area contributed by atoms with Gasteiger partial charge in [0, 0.05) is 11.4 Å². The number of rotatable bonds is 4. The van der Waals surface area contributed by atoms with E-state index in [4.69, 9.17) is 0 Å². The highest BCUT2D eigenvalue weighted by atomic mass is 32.2. The van der Waals surface area contributed by atoms with Gasteiger partial charge in [-0.25, -0.2) is 9.50 Å². The van der Waals surface area contributed by atoms with Gasteiger partial charge in [-0.3, -0.25) is 4.79 Å². The number of aromatic nitrogens is 4. The standard InChI is InChI=1S/C17H16F3N5OS/c1-9-8-10(2)25-15(21-9)23-16(24-25)27-11(3)14(26)22-13-7-5-4-6-12(13)17(18,19)20/h4-8,11H,1-3H3,(H,22,26). The van der Waals surface area contributed by atoms with Gasteiger partial charge < -0.3 is 5.32 Å². The van der Waals surface area contributed by atoms with Crippen LogP contribution in [0.1, 0.15) is 23.9 Å². The number of carbonyl (C=O) groups excluding carboxylic acids is 1. The summed E-state index contributed by atoms with van der Waals surface area (Å²) in [6, 6.07) is 6.70. The molecule has 0 aliphatic heterocycles. The zero-order valence-corrected chi connectivity index (χ0v) is 15.5. The van der Waals surface area contributed by atoms with E-state index in [-0.39, 0.29) is 5.69 Å². The number of para-hydroxylation sites is 1. The number of hydrogen-bond donors (Lipinski definition) is 1. The molecular formula is C17H16F3N5OS. The smallest absolute Gasteiger partial charge is 0.325 e. The number of fused-ring (bicyclic) bond motifs is 1. The molecule has 27 heavy (non-hydrogen) atoms. The lowest BCUT2D eigenvalue weighted by molar-refractivity contribution is -0.137. The molecule has 1 amide bonds. The molecule has 0 saturated heterocycles. The largest absolute Gasteiger partial charge is 0.418 e. The van der Waals surface area contributed by atoms with Crippen LogP contribution < -0.4 is 5.32 Å². The number of halogens is 3. The summed E-state index contributed by atoms with van der Waals surface area (Å²) in [5.41, 5.74) is 0.460. The van der Waals surface area contributed by atoms with Crippen LogP contribution >= 0.6 is 11.8 Å². The summed E-state index contributed by atoms with van der Waals surface area (Å²) in [4.78, 5) is 20.9. The third kappa shape index (κ3) is 4.21. The zero-order valence-electron chi connectivity index (χ0n) is 14.7. The molecule has 3 rings (SSSR count). The minimum absolute atomic E-state index is 0.279. The first-order valence-corrected chi connectivity index (χ1v) is 8.88. The number of hydrogen-bond acceptors (Lipinski definition) is 5. The molecule has 2 aromatic heterocycles. The van der Waals surface area contributed by atoms with Crippen molar-refractivity contribution in [2.75, 3.05) is 5.32 Å². The van der Waals surface area contributed by atoms with E-state index in [0.29, 0.717) is 10.9 Å². The van der Waals surface area contributed by atoms with Gasteiger partial charge in [-0.05, 0) is 39.0 Å². The number of nitrogens with zero attached hydrogens (tertiary/aromatic N) is 4. The van der Waals surface area contributed by atoms with Crippen molar-refractivity contribution >= 4 is 29.1 Å². The highest BCUT2D eigenvalue weighted by Crippen LogP contribution is 2.35. The van der Waals surface area contributed by atoms with Crippen molar-refractivity contribution < 1.29 is 18.0 Å². The monoisotopic (exact) mass is 395 g/mol. The van der Waals surface area contributed by atoms with Crippen LogP contribution in [0.4, 0.5) is 18.9 Å². The lowest BCUT2D eigenvalue weighted by Crippen LogP contribution is -2.24. The van der Waals surface area contributed by atoms with Crippen LogP contribution in [-0.2, 0) is 11.0 Å². The molecule has 2 heterocycles. The van der Waals surface area contributed by atoms with E-state index < -0.39 is 22.9 Å². The molecule has 1 atom stereocenters. The van der Waals surface area contributed by atoms with Gasteiger partial charge in [0.25, 0.3) is 5.78 Å². The minimum Gasteiger partial charge on any atom is -0.325 e. The zero-order chi connectivity index (χ0) is 19.8. The molecule has 6 nitrogen and oxygen atoms in total. The highest BCUT2D eigenvalue weighted by molar-refractivity contribution is 8.00. The van der Waals surface area contributed by atoms with E-state index in [2.05, 4.69) is 20.4 Å². The van der Waals surface area contributed by atoms with Gasteiger partial charge in [-0.1, -0.05) is 23.9 Å². The molecule has 0 spiro atoms. The molecule has 0 bridgehead atoms. The molecule has 142 valence electrons.